The minimum Gasteiger partial charge on any atom is -0.505 e. The zero-order chi connectivity index (χ0) is 9.14. The lowest BCUT2D eigenvalue weighted by atomic mass is 10.1. The van der Waals surface area contributed by atoms with Gasteiger partial charge in [0.1, 0.15) is 0 Å². The van der Waals surface area contributed by atoms with E-state index in [1.54, 1.807) is 13.0 Å². The first-order valence-corrected chi connectivity index (χ1v) is 3.50. The minimum absolute atomic E-state index is 0.0142. The van der Waals surface area contributed by atoms with Crippen LogP contribution >= 0.6 is 0 Å². The molecule has 1 aromatic carbocycles. The van der Waals surface area contributed by atoms with Crippen LogP contribution in [0.1, 0.15) is 11.1 Å². The molecule has 0 amide bonds. The fourth-order valence-corrected chi connectivity index (χ4v) is 0.925. The molecule has 1 N–H and O–H groups in total. The molecule has 0 spiro atoms. The summed E-state index contributed by atoms with van der Waals surface area (Å²) in [7, 11) is 0. The lowest BCUT2D eigenvalue weighted by Gasteiger charge is -2.02. The number of aryl methyl sites for hydroxylation is 1. The normalized spacial score (nSPS) is 9.42. The fourth-order valence-electron chi connectivity index (χ4n) is 0.925. The summed E-state index contributed by atoms with van der Waals surface area (Å²) < 4.78 is 13.0. The van der Waals surface area contributed by atoms with Crippen molar-refractivity contribution < 1.29 is 9.50 Å². The molecule has 0 atom stereocenters. The predicted molar refractivity (Wildman–Crippen MR) is 42.1 cm³/mol. The Labute approximate surface area is 69.9 Å². The second-order valence-electron chi connectivity index (χ2n) is 2.54. The van der Waals surface area contributed by atoms with Crippen LogP contribution in [0.4, 0.5) is 4.39 Å². The van der Waals surface area contributed by atoms with Gasteiger partial charge in [-0.25, -0.2) is 4.39 Å². The molecule has 1 rings (SSSR count). The first kappa shape index (κ1) is 8.54. The quantitative estimate of drug-likeness (QED) is 0.690. The SMILES string of the molecule is Cc1ccc(CC#N)c(F)c1O. The van der Waals surface area contributed by atoms with Gasteiger partial charge in [-0.3, -0.25) is 0 Å². The second-order valence-corrected chi connectivity index (χ2v) is 2.54. The summed E-state index contributed by atoms with van der Waals surface area (Å²) in [5, 5.41) is 17.4. The number of nitriles is 1. The molecule has 0 unspecified atom stereocenters. The Morgan fingerprint density at radius 2 is 2.25 bits per heavy atom. The van der Waals surface area contributed by atoms with Crippen LogP contribution in [0.15, 0.2) is 12.1 Å². The smallest absolute Gasteiger partial charge is 0.169 e. The monoisotopic (exact) mass is 165 g/mol. The molecule has 0 saturated carbocycles. The molecule has 2 nitrogen and oxygen atoms in total. The minimum atomic E-state index is -0.684. The molecule has 62 valence electrons. The van der Waals surface area contributed by atoms with E-state index in [0.717, 1.165) is 0 Å². The van der Waals surface area contributed by atoms with Crippen LogP contribution in [0.3, 0.4) is 0 Å². The van der Waals surface area contributed by atoms with E-state index in [-0.39, 0.29) is 17.7 Å². The van der Waals surface area contributed by atoms with E-state index in [4.69, 9.17) is 10.4 Å². The highest BCUT2D eigenvalue weighted by atomic mass is 19.1. The van der Waals surface area contributed by atoms with Crippen molar-refractivity contribution in [2.45, 2.75) is 13.3 Å². The molecule has 0 aliphatic carbocycles. The molecule has 0 aliphatic rings. The Morgan fingerprint density at radius 1 is 1.58 bits per heavy atom. The highest BCUT2D eigenvalue weighted by Gasteiger charge is 2.08. The van der Waals surface area contributed by atoms with Crippen LogP contribution in [0.2, 0.25) is 0 Å². The number of nitrogens with zero attached hydrogens (tertiary/aromatic N) is 1. The molecular formula is C9H8FNO. The van der Waals surface area contributed by atoms with Gasteiger partial charge in [-0.15, -0.1) is 0 Å². The van der Waals surface area contributed by atoms with Gasteiger partial charge < -0.3 is 5.11 Å². The largest absolute Gasteiger partial charge is 0.505 e. The molecule has 0 heterocycles. The summed E-state index contributed by atoms with van der Waals surface area (Å²) in [6.45, 7) is 1.61. The van der Waals surface area contributed by atoms with E-state index in [9.17, 15) is 4.39 Å². The summed E-state index contributed by atoms with van der Waals surface area (Å²) in [4.78, 5) is 0. The highest BCUT2D eigenvalue weighted by Crippen LogP contribution is 2.23. The zero-order valence-electron chi connectivity index (χ0n) is 6.63. The number of phenols is 1. The van der Waals surface area contributed by atoms with E-state index in [0.29, 0.717) is 5.56 Å². The maximum atomic E-state index is 13.0. The van der Waals surface area contributed by atoms with Gasteiger partial charge in [-0.1, -0.05) is 12.1 Å². The van der Waals surface area contributed by atoms with Crippen molar-refractivity contribution in [1.82, 2.24) is 0 Å². The Morgan fingerprint density at radius 3 is 2.83 bits per heavy atom. The van der Waals surface area contributed by atoms with Crippen molar-refractivity contribution in [2.75, 3.05) is 0 Å². The van der Waals surface area contributed by atoms with Crippen molar-refractivity contribution in [2.24, 2.45) is 0 Å². The number of hydrogen-bond acceptors (Lipinski definition) is 2. The molecule has 0 radical (unpaired) electrons. The maximum absolute atomic E-state index is 13.0. The number of hydrogen-bond donors (Lipinski definition) is 1. The Kier molecular flexibility index (Phi) is 2.29. The summed E-state index contributed by atoms with van der Waals surface area (Å²) in [5.41, 5.74) is 0.717. The second kappa shape index (κ2) is 3.22. The van der Waals surface area contributed by atoms with E-state index < -0.39 is 5.82 Å². The van der Waals surface area contributed by atoms with E-state index >= 15 is 0 Å². The van der Waals surface area contributed by atoms with Gasteiger partial charge in [0, 0.05) is 5.56 Å². The summed E-state index contributed by atoms with van der Waals surface area (Å²) in [6, 6.07) is 4.92. The highest BCUT2D eigenvalue weighted by molar-refractivity contribution is 5.38. The Hall–Kier alpha value is -1.56. The molecule has 3 heteroatoms. The van der Waals surface area contributed by atoms with Crippen LogP contribution in [0, 0.1) is 24.1 Å². The van der Waals surface area contributed by atoms with E-state index in [2.05, 4.69) is 0 Å². The molecular weight excluding hydrogens is 157 g/mol. The number of halogens is 1. The number of phenolic OH excluding ortho intramolecular Hbond substituents is 1. The molecule has 0 bridgehead atoms. The van der Waals surface area contributed by atoms with Crippen molar-refractivity contribution >= 4 is 0 Å². The average Bonchev–Trinajstić information content (AvgIpc) is 2.07. The average molecular weight is 165 g/mol. The van der Waals surface area contributed by atoms with Crippen LogP contribution in [-0.4, -0.2) is 5.11 Å². The van der Waals surface area contributed by atoms with Gasteiger partial charge in [0.15, 0.2) is 11.6 Å². The molecule has 12 heavy (non-hydrogen) atoms. The Bertz CT molecular complexity index is 341. The first-order valence-electron chi connectivity index (χ1n) is 3.50. The van der Waals surface area contributed by atoms with Gasteiger partial charge >= 0.3 is 0 Å². The zero-order valence-corrected chi connectivity index (χ0v) is 6.63. The van der Waals surface area contributed by atoms with E-state index in [1.807, 2.05) is 6.07 Å². The van der Waals surface area contributed by atoms with Crippen LogP contribution in [0.5, 0.6) is 5.75 Å². The molecule has 0 fully saturated rings. The third kappa shape index (κ3) is 1.37. The molecule has 0 aliphatic heterocycles. The summed E-state index contributed by atoms with van der Waals surface area (Å²) >= 11 is 0. The Balaban J connectivity index is 3.19. The lowest BCUT2D eigenvalue weighted by Crippen LogP contribution is -1.90. The van der Waals surface area contributed by atoms with Gasteiger partial charge in [0.2, 0.25) is 0 Å². The van der Waals surface area contributed by atoms with Crippen LogP contribution in [0.25, 0.3) is 0 Å². The van der Waals surface area contributed by atoms with Gasteiger partial charge in [0.25, 0.3) is 0 Å². The molecule has 1 aromatic rings. The van der Waals surface area contributed by atoms with Crippen LogP contribution < -0.4 is 0 Å². The number of benzene rings is 1. The van der Waals surface area contributed by atoms with Gasteiger partial charge in [-0.05, 0) is 12.5 Å². The maximum Gasteiger partial charge on any atom is 0.169 e. The number of rotatable bonds is 1. The summed E-state index contributed by atoms with van der Waals surface area (Å²) in [5.74, 6) is -1.04. The third-order valence-electron chi connectivity index (χ3n) is 1.67. The predicted octanol–water partition coefficient (Wildman–Crippen LogP) is 1.91. The summed E-state index contributed by atoms with van der Waals surface area (Å²) in [6.07, 6.45) is -0.0142. The number of aromatic hydroxyl groups is 1. The van der Waals surface area contributed by atoms with Crippen molar-refractivity contribution in [3.63, 3.8) is 0 Å². The van der Waals surface area contributed by atoms with Crippen molar-refractivity contribution in [1.29, 1.82) is 5.26 Å². The third-order valence-corrected chi connectivity index (χ3v) is 1.67. The first-order chi connectivity index (χ1) is 5.66. The van der Waals surface area contributed by atoms with Gasteiger partial charge in [-0.2, -0.15) is 5.26 Å². The van der Waals surface area contributed by atoms with Crippen molar-refractivity contribution in [3.05, 3.63) is 29.1 Å². The van der Waals surface area contributed by atoms with Crippen LogP contribution in [-0.2, 0) is 6.42 Å². The molecule has 0 saturated heterocycles. The topological polar surface area (TPSA) is 44.0 Å². The van der Waals surface area contributed by atoms with E-state index in [1.165, 1.54) is 6.07 Å². The van der Waals surface area contributed by atoms with Gasteiger partial charge in [0.05, 0.1) is 12.5 Å². The standard InChI is InChI=1S/C9H8FNO/c1-6-2-3-7(4-5-11)8(10)9(6)12/h2-3,12H,4H2,1H3. The lowest BCUT2D eigenvalue weighted by molar-refractivity contribution is 0.425. The molecule has 0 aromatic heterocycles. The fraction of sp³-hybridized carbons (Fsp3) is 0.222. The van der Waals surface area contributed by atoms with Crippen molar-refractivity contribution in [3.8, 4) is 11.8 Å².